The minimum atomic E-state index is -4.05. The van der Waals surface area contributed by atoms with Gasteiger partial charge in [-0.1, -0.05) is 18.6 Å². The molecular weight excluding hydrogens is 496 g/mol. The van der Waals surface area contributed by atoms with Crippen molar-refractivity contribution in [3.05, 3.63) is 48.0 Å². The standard InChI is InChI=1S/C27H32N2O7S/c1-16(22-14-18-7-8-19(22)13-18)28-26(30)17(2)36-27(31)21-5-3-4-6-23(21)29-37(32,33)20-9-10-24-25(15-20)35-12-11-34-24/h3-6,9-10,15-19,22,29H,7-8,11-14H2,1-2H3,(H,28,30)/t16-,17+,18+,19+,22-/m1/s1. The first-order valence-corrected chi connectivity index (χ1v) is 14.2. The predicted octanol–water partition coefficient (Wildman–Crippen LogP) is 3.74. The molecule has 0 unspecified atom stereocenters. The van der Waals surface area contributed by atoms with Crippen molar-refractivity contribution in [2.75, 3.05) is 17.9 Å². The van der Waals surface area contributed by atoms with Gasteiger partial charge >= 0.3 is 5.97 Å². The lowest BCUT2D eigenvalue weighted by Gasteiger charge is -2.29. The third-order valence-electron chi connectivity index (χ3n) is 7.67. The van der Waals surface area contributed by atoms with E-state index in [9.17, 15) is 18.0 Å². The molecule has 0 radical (unpaired) electrons. The van der Waals surface area contributed by atoms with Crippen LogP contribution in [-0.4, -0.2) is 45.7 Å². The SMILES string of the molecule is C[C@H](OC(=O)c1ccccc1NS(=O)(=O)c1ccc2c(c1)OCCO2)C(=O)N[C@H](C)[C@H]1C[C@H]2CC[C@H]1C2. The smallest absolute Gasteiger partial charge is 0.341 e. The summed E-state index contributed by atoms with van der Waals surface area (Å²) in [5, 5.41) is 3.01. The highest BCUT2D eigenvalue weighted by Crippen LogP contribution is 2.49. The lowest BCUT2D eigenvalue weighted by molar-refractivity contribution is -0.130. The fraction of sp³-hybridized carbons (Fsp3) is 0.481. The molecule has 9 nitrogen and oxygen atoms in total. The largest absolute Gasteiger partial charge is 0.486 e. The number of rotatable bonds is 8. The number of esters is 1. The number of carbonyl (C=O) groups excluding carboxylic acids is 2. The molecule has 10 heteroatoms. The van der Waals surface area contributed by atoms with Gasteiger partial charge in [-0.25, -0.2) is 13.2 Å². The molecule has 2 aliphatic carbocycles. The molecule has 1 aliphatic heterocycles. The van der Waals surface area contributed by atoms with Crippen molar-refractivity contribution in [2.24, 2.45) is 17.8 Å². The summed E-state index contributed by atoms with van der Waals surface area (Å²) in [6.07, 6.45) is 3.86. The van der Waals surface area contributed by atoms with Crippen molar-refractivity contribution in [3.63, 3.8) is 0 Å². The molecule has 2 bridgehead atoms. The molecule has 1 heterocycles. The summed E-state index contributed by atoms with van der Waals surface area (Å²) < 4.78 is 45.0. The highest BCUT2D eigenvalue weighted by molar-refractivity contribution is 7.92. The molecule has 1 amide bonds. The molecule has 2 aromatic carbocycles. The first-order chi connectivity index (χ1) is 17.7. The second-order valence-electron chi connectivity index (χ2n) is 10.1. The number of fused-ring (bicyclic) bond motifs is 3. The Labute approximate surface area is 216 Å². The van der Waals surface area contributed by atoms with Gasteiger partial charge in [0, 0.05) is 12.1 Å². The summed E-state index contributed by atoms with van der Waals surface area (Å²) in [4.78, 5) is 25.7. The minimum absolute atomic E-state index is 0.00409. The van der Waals surface area contributed by atoms with Crippen LogP contribution in [0.3, 0.4) is 0 Å². The lowest BCUT2D eigenvalue weighted by atomic mass is 9.84. The molecule has 37 heavy (non-hydrogen) atoms. The molecule has 198 valence electrons. The number of anilines is 1. The quantitative estimate of drug-likeness (QED) is 0.501. The highest BCUT2D eigenvalue weighted by atomic mass is 32.2. The zero-order valence-electron chi connectivity index (χ0n) is 20.9. The summed E-state index contributed by atoms with van der Waals surface area (Å²) in [5.74, 6) is 1.53. The monoisotopic (exact) mass is 528 g/mol. The summed E-state index contributed by atoms with van der Waals surface area (Å²) in [7, 11) is -4.05. The van der Waals surface area contributed by atoms with Crippen LogP contribution in [0.2, 0.25) is 0 Å². The second kappa shape index (κ2) is 10.2. The predicted molar refractivity (Wildman–Crippen MR) is 136 cm³/mol. The summed E-state index contributed by atoms with van der Waals surface area (Å²) in [6.45, 7) is 4.25. The van der Waals surface area contributed by atoms with Crippen LogP contribution in [0.5, 0.6) is 11.5 Å². The number of carbonyl (C=O) groups is 2. The summed E-state index contributed by atoms with van der Waals surface area (Å²) >= 11 is 0. The van der Waals surface area contributed by atoms with E-state index in [1.54, 1.807) is 12.1 Å². The fourth-order valence-corrected chi connectivity index (χ4v) is 6.87. The van der Waals surface area contributed by atoms with Crippen LogP contribution < -0.4 is 19.5 Å². The number of hydrogen-bond donors (Lipinski definition) is 2. The zero-order valence-corrected chi connectivity index (χ0v) is 21.8. The molecule has 2 N–H and O–H groups in total. The fourth-order valence-electron chi connectivity index (χ4n) is 5.78. The van der Waals surface area contributed by atoms with E-state index in [0.29, 0.717) is 36.5 Å². The Morgan fingerprint density at radius 3 is 2.49 bits per heavy atom. The van der Waals surface area contributed by atoms with E-state index in [1.165, 1.54) is 56.5 Å². The Morgan fingerprint density at radius 2 is 1.76 bits per heavy atom. The van der Waals surface area contributed by atoms with Gasteiger partial charge in [0.05, 0.1) is 16.1 Å². The Kier molecular flexibility index (Phi) is 7.02. The molecule has 2 fully saturated rings. The number of amides is 1. The number of benzene rings is 2. The number of sulfonamides is 1. The minimum Gasteiger partial charge on any atom is -0.486 e. The van der Waals surface area contributed by atoms with E-state index in [4.69, 9.17) is 14.2 Å². The second-order valence-corrected chi connectivity index (χ2v) is 11.8. The van der Waals surface area contributed by atoms with Crippen LogP contribution in [-0.2, 0) is 19.6 Å². The van der Waals surface area contributed by atoms with Crippen molar-refractivity contribution in [1.29, 1.82) is 0 Å². The molecule has 2 saturated carbocycles. The van der Waals surface area contributed by atoms with Gasteiger partial charge in [0.25, 0.3) is 15.9 Å². The van der Waals surface area contributed by atoms with Crippen molar-refractivity contribution < 1.29 is 32.2 Å². The van der Waals surface area contributed by atoms with Gasteiger partial charge < -0.3 is 19.5 Å². The Bertz CT molecular complexity index is 1300. The van der Waals surface area contributed by atoms with Gasteiger partial charge in [0.2, 0.25) is 0 Å². The van der Waals surface area contributed by atoms with Crippen molar-refractivity contribution >= 4 is 27.6 Å². The van der Waals surface area contributed by atoms with Crippen molar-refractivity contribution in [3.8, 4) is 11.5 Å². The van der Waals surface area contributed by atoms with Gasteiger partial charge in [-0.05, 0) is 75.1 Å². The van der Waals surface area contributed by atoms with Crippen molar-refractivity contribution in [1.82, 2.24) is 5.32 Å². The number of hydrogen-bond acceptors (Lipinski definition) is 7. The Morgan fingerprint density at radius 1 is 1.00 bits per heavy atom. The van der Waals surface area contributed by atoms with E-state index in [1.807, 2.05) is 6.92 Å². The first-order valence-electron chi connectivity index (χ1n) is 12.7. The van der Waals surface area contributed by atoms with E-state index in [-0.39, 0.29) is 28.1 Å². The summed E-state index contributed by atoms with van der Waals surface area (Å²) in [5.41, 5.74) is 0.0507. The number of nitrogens with one attached hydrogen (secondary N) is 2. The van der Waals surface area contributed by atoms with Crippen LogP contribution in [0.4, 0.5) is 5.69 Å². The van der Waals surface area contributed by atoms with Crippen LogP contribution in [0.1, 0.15) is 49.9 Å². The normalized spacial score (nSPS) is 23.7. The average Bonchev–Trinajstić information content (AvgIpc) is 3.52. The third-order valence-corrected chi connectivity index (χ3v) is 9.04. The lowest BCUT2D eigenvalue weighted by Crippen LogP contribution is -2.45. The molecule has 0 aromatic heterocycles. The molecule has 3 aliphatic rings. The number of para-hydroxylation sites is 1. The molecule has 2 aromatic rings. The number of ether oxygens (including phenoxy) is 3. The highest BCUT2D eigenvalue weighted by Gasteiger charge is 2.42. The molecule has 5 rings (SSSR count). The van der Waals surface area contributed by atoms with Crippen LogP contribution in [0.15, 0.2) is 47.4 Å². The van der Waals surface area contributed by atoms with E-state index < -0.39 is 22.1 Å². The van der Waals surface area contributed by atoms with Gasteiger partial charge in [-0.2, -0.15) is 0 Å². The van der Waals surface area contributed by atoms with Gasteiger partial charge in [-0.15, -0.1) is 0 Å². The Balaban J connectivity index is 1.24. The average molecular weight is 529 g/mol. The molecule has 0 spiro atoms. The first kappa shape index (κ1) is 25.4. The van der Waals surface area contributed by atoms with E-state index in [0.717, 1.165) is 12.3 Å². The Hall–Kier alpha value is -3.27. The maximum Gasteiger partial charge on any atom is 0.341 e. The third kappa shape index (κ3) is 5.39. The van der Waals surface area contributed by atoms with Gasteiger partial charge in [0.15, 0.2) is 17.6 Å². The van der Waals surface area contributed by atoms with Crippen LogP contribution in [0.25, 0.3) is 0 Å². The molecule has 5 atom stereocenters. The maximum atomic E-state index is 13.1. The van der Waals surface area contributed by atoms with Gasteiger partial charge in [-0.3, -0.25) is 9.52 Å². The van der Waals surface area contributed by atoms with Crippen LogP contribution in [0, 0.1) is 17.8 Å². The van der Waals surface area contributed by atoms with Gasteiger partial charge in [0.1, 0.15) is 13.2 Å². The van der Waals surface area contributed by atoms with E-state index >= 15 is 0 Å². The maximum absolute atomic E-state index is 13.1. The van der Waals surface area contributed by atoms with Crippen LogP contribution >= 0.6 is 0 Å². The van der Waals surface area contributed by atoms with E-state index in [2.05, 4.69) is 10.0 Å². The molecular formula is C27H32N2O7S. The zero-order chi connectivity index (χ0) is 26.2. The topological polar surface area (TPSA) is 120 Å². The molecule has 0 saturated heterocycles. The van der Waals surface area contributed by atoms with Crippen molar-refractivity contribution in [2.45, 2.75) is 56.6 Å². The summed E-state index contributed by atoms with van der Waals surface area (Å²) in [6, 6.07) is 10.4.